The number of hydrogen-bond acceptors (Lipinski definition) is 4. The maximum Gasteiger partial charge on any atom is 0.107 e. The number of nitrogens with zero attached hydrogens (tertiary/aromatic N) is 3. The molecule has 1 aliphatic rings. The van der Waals surface area contributed by atoms with E-state index in [9.17, 15) is 5.26 Å². The standard InChI is InChI=1S/C15H24N4S/c1-4-8-17-15(11-16)7-5-6-13(10-15)20-14-9-12(2)18-19(14)3/h9,13,17H,4-8,10H2,1-3H3. The van der Waals surface area contributed by atoms with E-state index in [1.54, 1.807) is 0 Å². The van der Waals surface area contributed by atoms with E-state index in [-0.39, 0.29) is 5.54 Å². The second-order valence-corrected chi connectivity index (χ2v) is 7.03. The Bertz CT molecular complexity index is 491. The van der Waals surface area contributed by atoms with Gasteiger partial charge in [0.05, 0.1) is 16.8 Å². The highest BCUT2D eigenvalue weighted by Crippen LogP contribution is 2.38. The highest BCUT2D eigenvalue weighted by molar-refractivity contribution is 7.99. The van der Waals surface area contributed by atoms with Crippen LogP contribution in [0.3, 0.4) is 0 Å². The first-order valence-electron chi connectivity index (χ1n) is 7.42. The van der Waals surface area contributed by atoms with Crippen LogP contribution in [0.4, 0.5) is 0 Å². The number of rotatable bonds is 5. The minimum Gasteiger partial charge on any atom is -0.299 e. The van der Waals surface area contributed by atoms with Crippen LogP contribution in [0, 0.1) is 18.3 Å². The number of aromatic nitrogens is 2. The van der Waals surface area contributed by atoms with Crippen molar-refractivity contribution in [1.29, 1.82) is 5.26 Å². The zero-order chi connectivity index (χ0) is 14.6. The predicted octanol–water partition coefficient (Wildman–Crippen LogP) is 3.03. The van der Waals surface area contributed by atoms with E-state index >= 15 is 0 Å². The SMILES string of the molecule is CCCNC1(C#N)CCCC(Sc2cc(C)nn2C)C1. The number of hydrogen-bond donors (Lipinski definition) is 1. The Morgan fingerprint density at radius 2 is 2.45 bits per heavy atom. The molecule has 2 atom stereocenters. The summed E-state index contributed by atoms with van der Waals surface area (Å²) >= 11 is 1.87. The molecule has 2 rings (SSSR count). The lowest BCUT2D eigenvalue weighted by molar-refractivity contribution is 0.304. The van der Waals surface area contributed by atoms with Gasteiger partial charge in [0.15, 0.2) is 0 Å². The molecule has 1 aromatic rings. The van der Waals surface area contributed by atoms with E-state index in [0.29, 0.717) is 5.25 Å². The van der Waals surface area contributed by atoms with Crippen molar-refractivity contribution in [2.75, 3.05) is 6.54 Å². The van der Waals surface area contributed by atoms with Crippen LogP contribution in [0.5, 0.6) is 0 Å². The lowest BCUT2D eigenvalue weighted by atomic mass is 9.82. The minimum atomic E-state index is -0.320. The molecular formula is C15H24N4S. The highest BCUT2D eigenvalue weighted by Gasteiger charge is 2.36. The van der Waals surface area contributed by atoms with Gasteiger partial charge in [0.1, 0.15) is 5.54 Å². The summed E-state index contributed by atoms with van der Waals surface area (Å²) < 4.78 is 1.95. The van der Waals surface area contributed by atoms with E-state index in [1.165, 1.54) is 11.4 Å². The number of aryl methyl sites for hydroxylation is 2. The van der Waals surface area contributed by atoms with Crippen LogP contribution < -0.4 is 5.32 Å². The third-order valence-electron chi connectivity index (χ3n) is 3.88. The lowest BCUT2D eigenvalue weighted by Crippen LogP contribution is -2.48. The molecule has 0 aliphatic heterocycles. The quantitative estimate of drug-likeness (QED) is 0.906. The normalized spacial score (nSPS) is 26.4. The summed E-state index contributed by atoms with van der Waals surface area (Å²) in [5.41, 5.74) is 0.737. The van der Waals surface area contributed by atoms with Gasteiger partial charge < -0.3 is 0 Å². The molecule has 4 nitrogen and oxygen atoms in total. The molecule has 1 aliphatic carbocycles. The van der Waals surface area contributed by atoms with Gasteiger partial charge in [-0.15, -0.1) is 11.8 Å². The third kappa shape index (κ3) is 3.56. The van der Waals surface area contributed by atoms with Crippen LogP contribution in [0.1, 0.15) is 44.7 Å². The molecule has 1 saturated carbocycles. The Kier molecular flexibility index (Phi) is 5.11. The molecule has 0 radical (unpaired) electrons. The average molecular weight is 292 g/mol. The van der Waals surface area contributed by atoms with E-state index in [1.807, 2.05) is 30.4 Å². The van der Waals surface area contributed by atoms with Gasteiger partial charge >= 0.3 is 0 Å². The molecule has 1 fully saturated rings. The smallest absolute Gasteiger partial charge is 0.107 e. The first-order valence-corrected chi connectivity index (χ1v) is 8.30. The predicted molar refractivity (Wildman–Crippen MR) is 82.7 cm³/mol. The molecule has 5 heteroatoms. The topological polar surface area (TPSA) is 53.6 Å². The molecule has 0 amide bonds. The molecule has 0 aromatic carbocycles. The fraction of sp³-hybridized carbons (Fsp3) is 0.733. The Balaban J connectivity index is 2.03. The zero-order valence-corrected chi connectivity index (χ0v) is 13.5. The average Bonchev–Trinajstić information content (AvgIpc) is 2.75. The second kappa shape index (κ2) is 6.64. The summed E-state index contributed by atoms with van der Waals surface area (Å²) in [4.78, 5) is 0. The Morgan fingerprint density at radius 1 is 1.65 bits per heavy atom. The summed E-state index contributed by atoms with van der Waals surface area (Å²) in [7, 11) is 1.99. The Labute approximate surface area is 125 Å². The molecule has 0 spiro atoms. The number of thioether (sulfide) groups is 1. The monoisotopic (exact) mass is 292 g/mol. The fourth-order valence-corrected chi connectivity index (χ4v) is 4.28. The van der Waals surface area contributed by atoms with Crippen LogP contribution >= 0.6 is 11.8 Å². The summed E-state index contributed by atoms with van der Waals surface area (Å²) in [6.45, 7) is 5.09. The summed E-state index contributed by atoms with van der Waals surface area (Å²) in [5, 5.41) is 19.2. The number of nitrogens with one attached hydrogen (secondary N) is 1. The summed E-state index contributed by atoms with van der Waals surface area (Å²) in [6.07, 6.45) is 5.29. The van der Waals surface area contributed by atoms with E-state index < -0.39 is 0 Å². The third-order valence-corrected chi connectivity index (χ3v) is 5.24. The molecule has 110 valence electrons. The zero-order valence-electron chi connectivity index (χ0n) is 12.6. The molecule has 1 heterocycles. The maximum absolute atomic E-state index is 9.57. The van der Waals surface area contributed by atoms with Gasteiger partial charge in [-0.2, -0.15) is 10.4 Å². The minimum absolute atomic E-state index is 0.320. The van der Waals surface area contributed by atoms with E-state index in [4.69, 9.17) is 0 Å². The summed E-state index contributed by atoms with van der Waals surface area (Å²) in [5.74, 6) is 0. The van der Waals surface area contributed by atoms with Crippen molar-refractivity contribution < 1.29 is 0 Å². The van der Waals surface area contributed by atoms with Crippen molar-refractivity contribution >= 4 is 11.8 Å². The van der Waals surface area contributed by atoms with Crippen LogP contribution in [0.15, 0.2) is 11.1 Å². The van der Waals surface area contributed by atoms with Crippen molar-refractivity contribution in [3.8, 4) is 6.07 Å². The van der Waals surface area contributed by atoms with Crippen molar-refractivity contribution in [2.24, 2.45) is 7.05 Å². The van der Waals surface area contributed by atoms with Crippen LogP contribution in [-0.4, -0.2) is 27.1 Å². The van der Waals surface area contributed by atoms with E-state index in [2.05, 4.69) is 29.5 Å². The molecular weight excluding hydrogens is 268 g/mol. The Morgan fingerprint density at radius 3 is 3.05 bits per heavy atom. The maximum atomic E-state index is 9.57. The van der Waals surface area contributed by atoms with Crippen LogP contribution in [-0.2, 0) is 7.05 Å². The van der Waals surface area contributed by atoms with Crippen LogP contribution in [0.25, 0.3) is 0 Å². The van der Waals surface area contributed by atoms with Crippen molar-refractivity contribution in [1.82, 2.24) is 15.1 Å². The summed E-state index contributed by atoms with van der Waals surface area (Å²) in [6, 6.07) is 4.67. The van der Waals surface area contributed by atoms with Gasteiger partial charge in [0.25, 0.3) is 0 Å². The van der Waals surface area contributed by atoms with Gasteiger partial charge in [-0.25, -0.2) is 0 Å². The van der Waals surface area contributed by atoms with Gasteiger partial charge in [-0.1, -0.05) is 6.92 Å². The second-order valence-electron chi connectivity index (χ2n) is 5.70. The van der Waals surface area contributed by atoms with Crippen molar-refractivity contribution in [3.63, 3.8) is 0 Å². The molecule has 0 bridgehead atoms. The lowest BCUT2D eigenvalue weighted by Gasteiger charge is -2.36. The number of nitriles is 1. The van der Waals surface area contributed by atoms with Gasteiger partial charge in [-0.3, -0.25) is 10.00 Å². The highest BCUT2D eigenvalue weighted by atomic mass is 32.2. The van der Waals surface area contributed by atoms with Gasteiger partial charge in [0.2, 0.25) is 0 Å². The fourth-order valence-electron chi connectivity index (χ4n) is 2.86. The van der Waals surface area contributed by atoms with Crippen LogP contribution in [0.2, 0.25) is 0 Å². The first kappa shape index (κ1) is 15.4. The van der Waals surface area contributed by atoms with E-state index in [0.717, 1.165) is 37.9 Å². The van der Waals surface area contributed by atoms with Crippen molar-refractivity contribution in [3.05, 3.63) is 11.8 Å². The van der Waals surface area contributed by atoms with Gasteiger partial charge in [-0.05, 0) is 51.6 Å². The Hall–Kier alpha value is -0.990. The molecule has 2 unspecified atom stereocenters. The molecule has 20 heavy (non-hydrogen) atoms. The van der Waals surface area contributed by atoms with Crippen molar-refractivity contribution in [2.45, 2.75) is 61.8 Å². The molecule has 0 saturated heterocycles. The van der Waals surface area contributed by atoms with Gasteiger partial charge in [0, 0.05) is 12.3 Å². The molecule has 1 aromatic heterocycles. The first-order chi connectivity index (χ1) is 9.58. The molecule has 1 N–H and O–H groups in total. The largest absolute Gasteiger partial charge is 0.299 e.